The van der Waals surface area contributed by atoms with Crippen LogP contribution >= 0.6 is 11.8 Å². The summed E-state index contributed by atoms with van der Waals surface area (Å²) in [5.74, 6) is -69.5. The first kappa shape index (κ1) is 62.1. The van der Waals surface area contributed by atoms with Gasteiger partial charge in [0.05, 0.1) is 35.3 Å². The van der Waals surface area contributed by atoms with Gasteiger partial charge in [0.25, 0.3) is 0 Å². The minimum absolute atomic E-state index is 0.0889. The van der Waals surface area contributed by atoms with Crippen molar-refractivity contribution in [1.29, 1.82) is 0 Å². The van der Waals surface area contributed by atoms with Crippen LogP contribution < -0.4 is 21.9 Å². The van der Waals surface area contributed by atoms with E-state index in [-0.39, 0.29) is 10.9 Å². The fraction of sp³-hybridized carbons (Fsp3) is 0.213. The Morgan fingerprint density at radius 1 is 0.337 bits per heavy atom. The Balaban J connectivity index is 0.000000165. The molecule has 0 bridgehead atoms. The predicted octanol–water partition coefficient (Wildman–Crippen LogP) is 15.2. The molecule has 2 nitrogen and oxygen atoms in total. The van der Waals surface area contributed by atoms with E-state index in [1.807, 2.05) is 11.8 Å². The van der Waals surface area contributed by atoms with Crippen LogP contribution in [0.1, 0.15) is 44.1 Å². The Morgan fingerprint density at radius 3 is 0.919 bits per heavy atom. The molecule has 2 saturated heterocycles. The van der Waals surface area contributed by atoms with Crippen LogP contribution in [0.3, 0.4) is 0 Å². The number of rotatable bonds is 10. The first-order valence-corrected chi connectivity index (χ1v) is 28.2. The smallest absolute Gasteiger partial charge is 0.200 e. The molecule has 8 aromatic carbocycles. The third-order valence-corrected chi connectivity index (χ3v) is 19.2. The van der Waals surface area contributed by atoms with Gasteiger partial charge in [-0.2, -0.15) is 0 Å². The molecule has 2 aliphatic heterocycles. The van der Waals surface area contributed by atoms with E-state index in [0.29, 0.717) is 24.4 Å². The molecule has 4 fully saturated rings. The molecule has 6 atom stereocenters. The largest absolute Gasteiger partial charge is 0.370 e. The lowest BCUT2D eigenvalue weighted by Crippen LogP contribution is -2.81. The number of benzene rings is 8. The van der Waals surface area contributed by atoms with Crippen molar-refractivity contribution in [2.75, 3.05) is 0 Å². The molecule has 0 radical (unpaired) electrons. The van der Waals surface area contributed by atoms with E-state index in [2.05, 4.69) is 116 Å². The summed E-state index contributed by atoms with van der Waals surface area (Å²) in [4.78, 5) is 6.66. The van der Waals surface area contributed by atoms with E-state index < -0.39 is 144 Å². The van der Waals surface area contributed by atoms with E-state index in [1.54, 1.807) is 0 Å². The van der Waals surface area contributed by atoms with Crippen molar-refractivity contribution >= 4 is 50.7 Å². The zero-order valence-electron chi connectivity index (χ0n) is 43.9. The number of fused-ring (bicyclic) bond motifs is 2. The fourth-order valence-corrected chi connectivity index (χ4v) is 14.7. The average molecular weight is 1260 g/mol. The van der Waals surface area contributed by atoms with Gasteiger partial charge in [-0.05, 0) is 117 Å². The molecule has 0 spiro atoms. The molecule has 2 saturated carbocycles. The molecular weight excluding hydrogens is 1220 g/mol. The lowest BCUT2D eigenvalue weighted by molar-refractivity contribution is 0.217. The Kier molecular flexibility index (Phi) is 17.8. The van der Waals surface area contributed by atoms with Crippen molar-refractivity contribution in [3.05, 3.63) is 231 Å². The molecular formula is C61H39BF20O2S2. The number of aryl methyl sites for hydroxylation is 1. The molecule has 25 heteroatoms. The number of halogens is 20. The predicted molar refractivity (Wildman–Crippen MR) is 278 cm³/mol. The molecule has 8 aromatic rings. The van der Waals surface area contributed by atoms with E-state index in [0.717, 1.165) is 11.8 Å². The second kappa shape index (κ2) is 24.7. The molecule has 86 heavy (non-hydrogen) atoms. The monoisotopic (exact) mass is 1260 g/mol. The van der Waals surface area contributed by atoms with Crippen LogP contribution in [-0.2, 0) is 20.4 Å². The van der Waals surface area contributed by atoms with Crippen molar-refractivity contribution in [1.82, 2.24) is 0 Å². The van der Waals surface area contributed by atoms with Crippen LogP contribution in [0, 0.1) is 135 Å². The molecule has 0 amide bonds. The summed E-state index contributed by atoms with van der Waals surface area (Å²) >= 11 is 1.83. The molecule has 12 rings (SSSR count). The van der Waals surface area contributed by atoms with Crippen molar-refractivity contribution in [3.8, 4) is 0 Å². The van der Waals surface area contributed by atoms with Gasteiger partial charge < -0.3 is 9.47 Å². The maximum atomic E-state index is 15.4. The summed E-state index contributed by atoms with van der Waals surface area (Å²) in [5, 5.41) is 0. The normalized spacial score (nSPS) is 19.5. The summed E-state index contributed by atoms with van der Waals surface area (Å²) in [5.41, 5.74) is -13.0. The third-order valence-electron chi connectivity index (χ3n) is 15.8. The van der Waals surface area contributed by atoms with Crippen molar-refractivity contribution in [2.45, 2.75) is 94.3 Å². The van der Waals surface area contributed by atoms with Gasteiger partial charge in [0.2, 0.25) is 0 Å². The summed E-state index contributed by atoms with van der Waals surface area (Å²) in [6.07, 6.45) is 3.65. The first-order valence-electron chi connectivity index (χ1n) is 26.1. The van der Waals surface area contributed by atoms with Crippen LogP contribution in [0.25, 0.3) is 0 Å². The van der Waals surface area contributed by atoms with E-state index in [1.165, 1.54) is 68.6 Å². The van der Waals surface area contributed by atoms with Gasteiger partial charge in [0.1, 0.15) is 52.7 Å². The summed E-state index contributed by atoms with van der Waals surface area (Å²) in [7, 11) is -0.0889. The molecule has 6 unspecified atom stereocenters. The maximum absolute atomic E-state index is 15.4. The van der Waals surface area contributed by atoms with Crippen molar-refractivity contribution in [3.63, 3.8) is 0 Å². The number of ether oxygens (including phenoxy) is 2. The topological polar surface area (TPSA) is 25.1 Å². The second-order valence-electron chi connectivity index (χ2n) is 20.6. The lowest BCUT2D eigenvalue weighted by Gasteiger charge is -2.44. The number of hydrogen-bond donors (Lipinski definition) is 0. The van der Waals surface area contributed by atoms with Gasteiger partial charge in [0.15, 0.2) is 84.5 Å². The van der Waals surface area contributed by atoms with Crippen LogP contribution in [-0.4, -0.2) is 30.6 Å². The van der Waals surface area contributed by atoms with Crippen LogP contribution in [0.4, 0.5) is 87.8 Å². The van der Waals surface area contributed by atoms with Crippen molar-refractivity contribution in [2.24, 2.45) is 11.8 Å². The molecule has 4 aliphatic rings. The molecule has 0 aromatic heterocycles. The molecule has 2 heterocycles. The standard InChI is InChI=1S/C25H21S2.C24BF20.C12H18O2/c1-20-19-24(17-18-25(20)26-21-11-5-2-6-12-21)27(22-13-7-3-8-14-22)23-15-9-4-10-16-23;26-5-1(6(27)14(35)21(42)13(5)34)25(2-7(28)15(36)22(43)16(37)8(2)29,3-9(30)17(38)23(44)18(39)10(3)31)4-11(32)19(40)24(45)20(41)12(4)33;1-3-9-11(13-9)5-7(1)8-2-4-10-12(6-8)14-10/h2-19H,1H3;;7-12H,1-6H2/q+1;-1;. The maximum Gasteiger partial charge on any atom is 0.200 e. The Labute approximate surface area is 483 Å². The lowest BCUT2D eigenvalue weighted by atomic mass is 9.12. The summed E-state index contributed by atoms with van der Waals surface area (Å²) < 4.78 is 305. The van der Waals surface area contributed by atoms with Gasteiger partial charge >= 0.3 is 0 Å². The number of epoxide rings is 2. The summed E-state index contributed by atoms with van der Waals surface area (Å²) in [6, 6.07) is 39.1. The molecule has 0 N–H and O–H groups in total. The van der Waals surface area contributed by atoms with Gasteiger partial charge in [-0.1, -0.05) is 66.4 Å². The minimum Gasteiger partial charge on any atom is -0.370 e. The second-order valence-corrected chi connectivity index (χ2v) is 23.8. The Bertz CT molecular complexity index is 3460. The van der Waals surface area contributed by atoms with E-state index >= 15 is 35.1 Å². The number of hydrogen-bond acceptors (Lipinski definition) is 3. The SMILES string of the molecule is C1CC2OC2CC1C1CCC2OC2C1.Cc1cc([S+](c2ccccc2)c2ccccc2)ccc1Sc1ccccc1.Fc1c(F)c(F)c([B-](c2c(F)c(F)c(F)c(F)c2F)(c2c(F)c(F)c(F)c(F)c2F)c2c(F)c(F)c(F)c(F)c2F)c(F)c1F. The van der Waals surface area contributed by atoms with E-state index in [9.17, 15) is 52.7 Å². The van der Waals surface area contributed by atoms with Crippen LogP contribution in [0.5, 0.6) is 0 Å². The zero-order chi connectivity index (χ0) is 62.0. The minimum atomic E-state index is -7.22. The fourth-order valence-electron chi connectivity index (χ4n) is 11.6. The van der Waals surface area contributed by atoms with Gasteiger partial charge in [-0.15, -0.1) is 21.9 Å². The van der Waals surface area contributed by atoms with Gasteiger partial charge in [-0.3, -0.25) is 0 Å². The first-order chi connectivity index (χ1) is 40.9. The van der Waals surface area contributed by atoms with Gasteiger partial charge in [0, 0.05) is 9.79 Å². The average Bonchev–Trinajstić information content (AvgIpc) is 0.868. The zero-order valence-corrected chi connectivity index (χ0v) is 45.5. The van der Waals surface area contributed by atoms with Crippen molar-refractivity contribution < 1.29 is 97.3 Å². The Hall–Kier alpha value is -6.96. The highest BCUT2D eigenvalue weighted by molar-refractivity contribution is 7.99. The highest BCUT2D eigenvalue weighted by Gasteiger charge is 2.53. The van der Waals surface area contributed by atoms with Crippen LogP contribution in [0.15, 0.2) is 134 Å². The molecule has 450 valence electrons. The summed E-state index contributed by atoms with van der Waals surface area (Å²) in [6.45, 7) is 2.21. The van der Waals surface area contributed by atoms with E-state index in [4.69, 9.17) is 9.47 Å². The van der Waals surface area contributed by atoms with Crippen LogP contribution in [0.2, 0.25) is 0 Å². The molecule has 2 aliphatic carbocycles. The third kappa shape index (κ3) is 11.1. The van der Waals surface area contributed by atoms with Gasteiger partial charge in [-0.25, -0.2) is 87.8 Å². The highest BCUT2D eigenvalue weighted by Crippen LogP contribution is 2.49. The highest BCUT2D eigenvalue weighted by atomic mass is 32.2. The Morgan fingerprint density at radius 2 is 0.628 bits per heavy atom. The quantitative estimate of drug-likeness (QED) is 0.0341.